The molecule has 1 N–H and O–H groups in total. The first-order chi connectivity index (χ1) is 10.7. The average Bonchev–Trinajstić information content (AvgIpc) is 3.18. The summed E-state index contributed by atoms with van der Waals surface area (Å²) < 4.78 is 15.5. The van der Waals surface area contributed by atoms with Gasteiger partial charge in [0.05, 0.1) is 0 Å². The van der Waals surface area contributed by atoms with Gasteiger partial charge in [0.1, 0.15) is 24.2 Å². The Balaban J connectivity index is 1.70. The zero-order valence-electron chi connectivity index (χ0n) is 12.4. The predicted octanol–water partition coefficient (Wildman–Crippen LogP) is 1.23. The van der Waals surface area contributed by atoms with Crippen molar-refractivity contribution in [2.45, 2.75) is 19.4 Å². The smallest absolute Gasteiger partial charge is 0.251 e. The summed E-state index contributed by atoms with van der Waals surface area (Å²) in [6.07, 6.45) is 3.68. The van der Waals surface area contributed by atoms with E-state index in [9.17, 15) is 9.18 Å². The first kappa shape index (κ1) is 14.6. The molecule has 0 bridgehead atoms. The number of carbonyl (C=O) groups is 1. The Bertz CT molecular complexity index is 658. The second-order valence-electron chi connectivity index (χ2n) is 5.36. The SMILES string of the molecule is CCN1CCC(NC(=O)c2ccc(-n3cncn3)c(F)c2)C1. The number of rotatable bonds is 4. The minimum absolute atomic E-state index is 0.130. The summed E-state index contributed by atoms with van der Waals surface area (Å²) in [5.74, 6) is -0.744. The topological polar surface area (TPSA) is 63.1 Å². The normalized spacial score (nSPS) is 18.5. The van der Waals surface area contributed by atoms with Crippen LogP contribution >= 0.6 is 0 Å². The van der Waals surface area contributed by atoms with Crippen molar-refractivity contribution in [3.8, 4) is 5.69 Å². The molecule has 1 aromatic heterocycles. The number of likely N-dealkylation sites (N-methyl/N-ethyl adjacent to an activating group) is 1. The summed E-state index contributed by atoms with van der Waals surface area (Å²) in [7, 11) is 0. The molecule has 0 aliphatic carbocycles. The van der Waals surface area contributed by atoms with Gasteiger partial charge in [-0.1, -0.05) is 6.92 Å². The highest BCUT2D eigenvalue weighted by Gasteiger charge is 2.23. The lowest BCUT2D eigenvalue weighted by molar-refractivity contribution is 0.0937. The lowest BCUT2D eigenvalue weighted by Crippen LogP contribution is -2.37. The number of halogens is 1. The fourth-order valence-corrected chi connectivity index (χ4v) is 2.67. The van der Waals surface area contributed by atoms with Crippen LogP contribution in [-0.4, -0.2) is 51.2 Å². The molecular weight excluding hydrogens is 285 g/mol. The molecule has 1 saturated heterocycles. The molecule has 0 saturated carbocycles. The maximum Gasteiger partial charge on any atom is 0.251 e. The molecule has 6 nitrogen and oxygen atoms in total. The molecular formula is C15H18FN5O. The Labute approximate surface area is 128 Å². The fraction of sp³-hybridized carbons (Fsp3) is 0.400. The van der Waals surface area contributed by atoms with Gasteiger partial charge in [-0.15, -0.1) is 0 Å². The molecule has 1 amide bonds. The van der Waals surface area contributed by atoms with Gasteiger partial charge in [0.15, 0.2) is 0 Å². The number of benzene rings is 1. The van der Waals surface area contributed by atoms with Crippen LogP contribution in [0.5, 0.6) is 0 Å². The molecule has 1 atom stereocenters. The van der Waals surface area contributed by atoms with Crippen LogP contribution in [0, 0.1) is 5.82 Å². The van der Waals surface area contributed by atoms with E-state index in [1.807, 2.05) is 0 Å². The Morgan fingerprint density at radius 1 is 1.50 bits per heavy atom. The number of amides is 1. The van der Waals surface area contributed by atoms with E-state index in [0.29, 0.717) is 5.56 Å². The van der Waals surface area contributed by atoms with Gasteiger partial charge in [-0.3, -0.25) is 4.79 Å². The van der Waals surface area contributed by atoms with Crippen LogP contribution in [-0.2, 0) is 0 Å². The Morgan fingerprint density at radius 3 is 3.00 bits per heavy atom. The van der Waals surface area contributed by atoms with Crippen molar-refractivity contribution in [1.82, 2.24) is 25.0 Å². The van der Waals surface area contributed by atoms with Crippen molar-refractivity contribution >= 4 is 5.91 Å². The number of hydrogen-bond donors (Lipinski definition) is 1. The zero-order valence-corrected chi connectivity index (χ0v) is 12.4. The van der Waals surface area contributed by atoms with Gasteiger partial charge in [-0.25, -0.2) is 14.1 Å². The maximum atomic E-state index is 14.1. The minimum atomic E-state index is -0.500. The van der Waals surface area contributed by atoms with Crippen LogP contribution in [0.25, 0.3) is 5.69 Å². The Morgan fingerprint density at radius 2 is 2.36 bits per heavy atom. The lowest BCUT2D eigenvalue weighted by Gasteiger charge is -2.15. The van der Waals surface area contributed by atoms with E-state index in [1.54, 1.807) is 6.07 Å². The summed E-state index contributed by atoms with van der Waals surface area (Å²) in [4.78, 5) is 18.3. The molecule has 0 spiro atoms. The van der Waals surface area contributed by atoms with Gasteiger partial charge in [0.2, 0.25) is 0 Å². The van der Waals surface area contributed by atoms with Crippen LogP contribution < -0.4 is 5.32 Å². The number of likely N-dealkylation sites (tertiary alicyclic amines) is 1. The molecule has 116 valence electrons. The molecule has 1 aromatic carbocycles. The molecule has 1 fully saturated rings. The quantitative estimate of drug-likeness (QED) is 0.923. The largest absolute Gasteiger partial charge is 0.348 e. The van der Waals surface area contributed by atoms with E-state index in [2.05, 4.69) is 27.2 Å². The van der Waals surface area contributed by atoms with Crippen molar-refractivity contribution in [3.63, 3.8) is 0 Å². The van der Waals surface area contributed by atoms with Crippen LogP contribution in [0.2, 0.25) is 0 Å². The molecule has 22 heavy (non-hydrogen) atoms. The fourth-order valence-electron chi connectivity index (χ4n) is 2.67. The number of nitrogens with zero attached hydrogens (tertiary/aromatic N) is 4. The average molecular weight is 303 g/mol. The molecule has 0 radical (unpaired) electrons. The van der Waals surface area contributed by atoms with Crippen molar-refractivity contribution < 1.29 is 9.18 Å². The van der Waals surface area contributed by atoms with Crippen molar-refractivity contribution in [2.75, 3.05) is 19.6 Å². The second kappa shape index (κ2) is 6.23. The number of nitrogens with one attached hydrogen (secondary N) is 1. The summed E-state index contributed by atoms with van der Waals surface area (Å²) in [5.41, 5.74) is 0.586. The standard InChI is InChI=1S/C15H18FN5O/c1-2-20-6-5-12(8-20)19-15(22)11-3-4-14(13(16)7-11)21-10-17-9-18-21/h3-4,7,9-10,12H,2,5-6,8H2,1H3,(H,19,22). The van der Waals surface area contributed by atoms with E-state index in [0.717, 1.165) is 26.1 Å². The lowest BCUT2D eigenvalue weighted by atomic mass is 10.1. The summed E-state index contributed by atoms with van der Waals surface area (Å²) in [6.45, 7) is 4.92. The summed E-state index contributed by atoms with van der Waals surface area (Å²) >= 11 is 0. The molecule has 2 aromatic rings. The highest BCUT2D eigenvalue weighted by atomic mass is 19.1. The van der Waals surface area contributed by atoms with Crippen LogP contribution in [0.3, 0.4) is 0 Å². The van der Waals surface area contributed by atoms with Gasteiger partial charge in [-0.05, 0) is 31.2 Å². The molecule has 3 rings (SSSR count). The summed E-state index contributed by atoms with van der Waals surface area (Å²) in [6, 6.07) is 4.50. The minimum Gasteiger partial charge on any atom is -0.348 e. The van der Waals surface area contributed by atoms with Gasteiger partial charge >= 0.3 is 0 Å². The zero-order chi connectivity index (χ0) is 15.5. The highest BCUT2D eigenvalue weighted by molar-refractivity contribution is 5.94. The molecule has 7 heteroatoms. The monoisotopic (exact) mass is 303 g/mol. The summed E-state index contributed by atoms with van der Waals surface area (Å²) in [5, 5.41) is 6.84. The number of carbonyl (C=O) groups excluding carboxylic acids is 1. The third kappa shape index (κ3) is 2.99. The third-order valence-corrected chi connectivity index (χ3v) is 3.93. The molecule has 1 aliphatic heterocycles. The second-order valence-corrected chi connectivity index (χ2v) is 5.36. The highest BCUT2D eigenvalue weighted by Crippen LogP contribution is 2.15. The van der Waals surface area contributed by atoms with Crippen molar-refractivity contribution in [2.24, 2.45) is 0 Å². The first-order valence-corrected chi connectivity index (χ1v) is 7.35. The van der Waals surface area contributed by atoms with Gasteiger partial charge < -0.3 is 10.2 Å². The van der Waals surface area contributed by atoms with E-state index < -0.39 is 5.82 Å². The molecule has 2 heterocycles. The van der Waals surface area contributed by atoms with Crippen LogP contribution in [0.15, 0.2) is 30.9 Å². The predicted molar refractivity (Wildman–Crippen MR) is 79.3 cm³/mol. The van der Waals surface area contributed by atoms with Crippen molar-refractivity contribution in [1.29, 1.82) is 0 Å². The van der Waals surface area contributed by atoms with E-state index in [-0.39, 0.29) is 17.6 Å². The molecule has 1 aliphatic rings. The van der Waals surface area contributed by atoms with E-state index >= 15 is 0 Å². The van der Waals surface area contributed by atoms with Gasteiger partial charge in [0, 0.05) is 24.7 Å². The van der Waals surface area contributed by atoms with Crippen molar-refractivity contribution in [3.05, 3.63) is 42.2 Å². The maximum absolute atomic E-state index is 14.1. The van der Waals surface area contributed by atoms with Crippen LogP contribution in [0.4, 0.5) is 4.39 Å². The van der Waals surface area contributed by atoms with Gasteiger partial charge in [0.25, 0.3) is 5.91 Å². The third-order valence-electron chi connectivity index (χ3n) is 3.93. The number of aromatic nitrogens is 3. The van der Waals surface area contributed by atoms with Crippen LogP contribution in [0.1, 0.15) is 23.7 Å². The molecule has 1 unspecified atom stereocenters. The van der Waals surface area contributed by atoms with Gasteiger partial charge in [-0.2, -0.15) is 5.10 Å². The van der Waals surface area contributed by atoms with E-state index in [4.69, 9.17) is 0 Å². The Hall–Kier alpha value is -2.28. The number of hydrogen-bond acceptors (Lipinski definition) is 4. The van der Waals surface area contributed by atoms with E-state index in [1.165, 1.54) is 29.5 Å². The first-order valence-electron chi connectivity index (χ1n) is 7.35. The Kier molecular flexibility index (Phi) is 4.15.